The fraction of sp³-hybridized carbons (Fsp3) is 0.375. The van der Waals surface area contributed by atoms with Gasteiger partial charge < -0.3 is 15.0 Å². The van der Waals surface area contributed by atoms with Crippen LogP contribution in [0, 0.1) is 19.8 Å². The van der Waals surface area contributed by atoms with Crippen molar-refractivity contribution in [1.82, 2.24) is 10.2 Å². The van der Waals surface area contributed by atoms with Crippen LogP contribution in [0.25, 0.3) is 0 Å². The minimum atomic E-state index is -4.19. The van der Waals surface area contributed by atoms with E-state index in [0.717, 1.165) is 15.4 Å². The number of benzene rings is 3. The second kappa shape index (κ2) is 14.6. The molecule has 42 heavy (non-hydrogen) atoms. The summed E-state index contributed by atoms with van der Waals surface area (Å²) in [6.07, 6.45) is 0.334. The molecule has 0 saturated carbocycles. The van der Waals surface area contributed by atoms with Gasteiger partial charge in [-0.25, -0.2) is 8.42 Å². The number of aryl methyl sites for hydroxylation is 1. The molecule has 1 atom stereocenters. The van der Waals surface area contributed by atoms with Gasteiger partial charge in [-0.2, -0.15) is 0 Å². The summed E-state index contributed by atoms with van der Waals surface area (Å²) in [7, 11) is -2.64. The van der Waals surface area contributed by atoms with E-state index in [9.17, 15) is 18.0 Å². The third-order valence-electron chi connectivity index (χ3n) is 6.95. The SMILES string of the molecule is CC[C@H](C(=O)NCC(C)C)N(Cc1cccc(OC)c1)C(=O)CN(c1cccc(Cl)c1C)S(=O)(=O)c1ccc(C)cc1. The van der Waals surface area contributed by atoms with Gasteiger partial charge in [0.15, 0.2) is 0 Å². The van der Waals surface area contributed by atoms with E-state index in [-0.39, 0.29) is 29.0 Å². The predicted molar refractivity (Wildman–Crippen MR) is 167 cm³/mol. The van der Waals surface area contributed by atoms with Crippen LogP contribution in [-0.4, -0.2) is 51.4 Å². The van der Waals surface area contributed by atoms with Crippen molar-refractivity contribution in [3.8, 4) is 5.75 Å². The van der Waals surface area contributed by atoms with Crippen LogP contribution in [-0.2, 0) is 26.2 Å². The molecule has 0 bridgehead atoms. The van der Waals surface area contributed by atoms with Gasteiger partial charge in [0.2, 0.25) is 11.8 Å². The minimum Gasteiger partial charge on any atom is -0.497 e. The molecule has 226 valence electrons. The van der Waals surface area contributed by atoms with Crippen molar-refractivity contribution in [3.05, 3.63) is 88.4 Å². The lowest BCUT2D eigenvalue weighted by Crippen LogP contribution is -2.52. The fourth-order valence-corrected chi connectivity index (χ4v) is 6.17. The first-order valence-electron chi connectivity index (χ1n) is 13.9. The highest BCUT2D eigenvalue weighted by Crippen LogP contribution is 2.31. The molecule has 0 unspecified atom stereocenters. The molecule has 2 amide bonds. The lowest BCUT2D eigenvalue weighted by atomic mass is 10.1. The highest BCUT2D eigenvalue weighted by atomic mass is 35.5. The maximum atomic E-state index is 14.2. The Balaban J connectivity index is 2.10. The molecule has 0 aliphatic carbocycles. The molecule has 10 heteroatoms. The summed E-state index contributed by atoms with van der Waals surface area (Å²) in [5.74, 6) is -0.000900. The number of sulfonamides is 1. The van der Waals surface area contributed by atoms with E-state index in [4.69, 9.17) is 16.3 Å². The molecule has 8 nitrogen and oxygen atoms in total. The zero-order valence-corrected chi connectivity index (χ0v) is 26.6. The number of carbonyl (C=O) groups excluding carboxylic acids is 2. The average molecular weight is 614 g/mol. The molecule has 0 radical (unpaired) electrons. The second-order valence-electron chi connectivity index (χ2n) is 10.6. The number of hydrogen-bond acceptors (Lipinski definition) is 5. The summed E-state index contributed by atoms with van der Waals surface area (Å²) in [5, 5.41) is 3.30. The van der Waals surface area contributed by atoms with Gasteiger partial charge in [-0.3, -0.25) is 13.9 Å². The molecule has 3 aromatic rings. The Labute approximate surface area is 254 Å². The summed E-state index contributed by atoms with van der Waals surface area (Å²) in [6.45, 7) is 9.38. The number of ether oxygens (including phenoxy) is 1. The van der Waals surface area contributed by atoms with E-state index < -0.39 is 28.5 Å². The van der Waals surface area contributed by atoms with Gasteiger partial charge in [0.05, 0.1) is 17.7 Å². The summed E-state index contributed by atoms with van der Waals surface area (Å²) >= 11 is 6.40. The fourth-order valence-electron chi connectivity index (χ4n) is 4.53. The van der Waals surface area contributed by atoms with Crippen molar-refractivity contribution < 1.29 is 22.7 Å². The third kappa shape index (κ3) is 8.04. The number of nitrogens with one attached hydrogen (secondary N) is 1. The van der Waals surface area contributed by atoms with Crippen LogP contribution in [0.1, 0.15) is 43.9 Å². The van der Waals surface area contributed by atoms with Gasteiger partial charge in [0.1, 0.15) is 18.3 Å². The standard InChI is InChI=1S/C32H40ClN3O5S/c1-7-29(32(38)34-19-22(2)3)35(20-25-10-8-11-26(18-25)41-6)31(37)21-36(30-13-9-12-28(33)24(30)5)42(39,40)27-16-14-23(4)15-17-27/h8-18,22,29H,7,19-21H2,1-6H3,(H,34,38)/t29-/m1/s1. The minimum absolute atomic E-state index is 0.0429. The molecule has 3 aromatic carbocycles. The maximum absolute atomic E-state index is 14.2. The Bertz CT molecular complexity index is 1490. The van der Waals surface area contributed by atoms with E-state index in [0.29, 0.717) is 29.3 Å². The normalized spacial score (nSPS) is 12.1. The molecule has 0 aliphatic rings. The lowest BCUT2D eigenvalue weighted by molar-refractivity contribution is -0.140. The van der Waals surface area contributed by atoms with Gasteiger partial charge >= 0.3 is 0 Å². The largest absolute Gasteiger partial charge is 0.497 e. The predicted octanol–water partition coefficient (Wildman–Crippen LogP) is 5.74. The van der Waals surface area contributed by atoms with E-state index in [1.54, 1.807) is 62.6 Å². The molecule has 0 aliphatic heterocycles. The van der Waals surface area contributed by atoms with E-state index in [1.165, 1.54) is 17.0 Å². The summed E-state index contributed by atoms with van der Waals surface area (Å²) in [5.41, 5.74) is 2.45. The number of halogens is 1. The van der Waals surface area contributed by atoms with Crippen molar-refractivity contribution >= 4 is 39.1 Å². The number of nitrogens with zero attached hydrogens (tertiary/aromatic N) is 2. The molecule has 0 heterocycles. The van der Waals surface area contributed by atoms with Crippen LogP contribution in [0.3, 0.4) is 0 Å². The topological polar surface area (TPSA) is 96.0 Å². The van der Waals surface area contributed by atoms with Crippen LogP contribution in [0.2, 0.25) is 5.02 Å². The van der Waals surface area contributed by atoms with Crippen LogP contribution < -0.4 is 14.4 Å². The Morgan fingerprint density at radius 1 is 1.00 bits per heavy atom. The maximum Gasteiger partial charge on any atom is 0.264 e. The van der Waals surface area contributed by atoms with Crippen LogP contribution >= 0.6 is 11.6 Å². The van der Waals surface area contributed by atoms with Gasteiger partial charge in [-0.1, -0.05) is 68.3 Å². The third-order valence-corrected chi connectivity index (χ3v) is 9.14. The van der Waals surface area contributed by atoms with Crippen molar-refractivity contribution in [3.63, 3.8) is 0 Å². The zero-order chi connectivity index (χ0) is 31.0. The quantitative estimate of drug-likeness (QED) is 0.265. The summed E-state index contributed by atoms with van der Waals surface area (Å²) < 4.78 is 34.6. The number of carbonyl (C=O) groups is 2. The Morgan fingerprint density at radius 2 is 1.67 bits per heavy atom. The molecular formula is C32H40ClN3O5S. The van der Waals surface area contributed by atoms with E-state index in [2.05, 4.69) is 5.32 Å². The van der Waals surface area contributed by atoms with Crippen LogP contribution in [0.15, 0.2) is 71.6 Å². The molecule has 0 fully saturated rings. The molecule has 0 aromatic heterocycles. The molecule has 0 spiro atoms. The number of methoxy groups -OCH3 is 1. The molecule has 1 N–H and O–H groups in total. The molecule has 0 saturated heterocycles. The van der Waals surface area contributed by atoms with Crippen molar-refractivity contribution in [2.45, 2.75) is 58.5 Å². The molecule has 3 rings (SSSR count). The van der Waals surface area contributed by atoms with Crippen LogP contribution in [0.4, 0.5) is 5.69 Å². The smallest absolute Gasteiger partial charge is 0.264 e. The highest BCUT2D eigenvalue weighted by Gasteiger charge is 2.34. The summed E-state index contributed by atoms with van der Waals surface area (Å²) in [4.78, 5) is 29.1. The van der Waals surface area contributed by atoms with Gasteiger partial charge in [0.25, 0.3) is 10.0 Å². The van der Waals surface area contributed by atoms with Gasteiger partial charge in [-0.15, -0.1) is 0 Å². The van der Waals surface area contributed by atoms with Gasteiger partial charge in [-0.05, 0) is 73.7 Å². The average Bonchev–Trinajstić information content (AvgIpc) is 2.96. The Hall–Kier alpha value is -3.56. The Kier molecular flexibility index (Phi) is 11.4. The van der Waals surface area contributed by atoms with Crippen molar-refractivity contribution in [2.24, 2.45) is 5.92 Å². The monoisotopic (exact) mass is 613 g/mol. The first-order valence-corrected chi connectivity index (χ1v) is 15.7. The van der Waals surface area contributed by atoms with Gasteiger partial charge in [0, 0.05) is 18.1 Å². The van der Waals surface area contributed by atoms with Crippen molar-refractivity contribution in [2.75, 3.05) is 24.5 Å². The number of rotatable bonds is 13. The first-order chi connectivity index (χ1) is 19.9. The van der Waals surface area contributed by atoms with E-state index >= 15 is 0 Å². The second-order valence-corrected chi connectivity index (χ2v) is 12.9. The first kappa shape index (κ1) is 32.9. The summed E-state index contributed by atoms with van der Waals surface area (Å²) in [6, 6.07) is 17.8. The zero-order valence-electron chi connectivity index (χ0n) is 25.1. The number of hydrogen-bond donors (Lipinski definition) is 1. The van der Waals surface area contributed by atoms with Crippen LogP contribution in [0.5, 0.6) is 5.75 Å². The lowest BCUT2D eigenvalue weighted by Gasteiger charge is -2.33. The van der Waals surface area contributed by atoms with E-state index in [1.807, 2.05) is 33.8 Å². The Morgan fingerprint density at radius 3 is 2.29 bits per heavy atom. The number of amides is 2. The molecular weight excluding hydrogens is 574 g/mol. The number of anilines is 1. The highest BCUT2D eigenvalue weighted by molar-refractivity contribution is 7.92. The van der Waals surface area contributed by atoms with Crippen molar-refractivity contribution in [1.29, 1.82) is 0 Å².